The largest absolute Gasteiger partial charge is 0.355 e. The summed E-state index contributed by atoms with van der Waals surface area (Å²) in [6.07, 6.45) is 5.67. The maximum Gasteiger partial charge on any atom is 0.238 e. The van der Waals surface area contributed by atoms with Gasteiger partial charge in [0.2, 0.25) is 15.9 Å². The van der Waals surface area contributed by atoms with E-state index in [1.54, 1.807) is 12.1 Å². The molecular formula is C18H27N3O3S. The van der Waals surface area contributed by atoms with E-state index >= 15 is 0 Å². The van der Waals surface area contributed by atoms with E-state index in [2.05, 4.69) is 17.1 Å². The first-order chi connectivity index (χ1) is 11.8. The van der Waals surface area contributed by atoms with Crippen molar-refractivity contribution in [3.05, 3.63) is 29.8 Å². The van der Waals surface area contributed by atoms with Crippen LogP contribution in [-0.2, 0) is 21.2 Å². The molecule has 3 rings (SSSR count). The van der Waals surface area contributed by atoms with Gasteiger partial charge in [0.05, 0.1) is 11.4 Å². The van der Waals surface area contributed by atoms with Crippen molar-refractivity contribution in [2.75, 3.05) is 13.1 Å². The van der Waals surface area contributed by atoms with Crippen LogP contribution in [0.5, 0.6) is 0 Å². The van der Waals surface area contributed by atoms with Crippen LogP contribution in [0, 0.1) is 5.92 Å². The molecule has 1 unspecified atom stereocenters. The normalized spacial score (nSPS) is 19.0. The van der Waals surface area contributed by atoms with Crippen molar-refractivity contribution < 1.29 is 13.2 Å². The zero-order valence-corrected chi connectivity index (χ0v) is 15.5. The van der Waals surface area contributed by atoms with Crippen LogP contribution in [0.3, 0.4) is 0 Å². The van der Waals surface area contributed by atoms with Crippen molar-refractivity contribution in [1.82, 2.24) is 10.2 Å². The average molecular weight is 365 g/mol. The van der Waals surface area contributed by atoms with Gasteiger partial charge in [-0.15, -0.1) is 0 Å². The maximum atomic E-state index is 12.3. The van der Waals surface area contributed by atoms with Crippen molar-refractivity contribution in [3.8, 4) is 0 Å². The summed E-state index contributed by atoms with van der Waals surface area (Å²) >= 11 is 0. The number of benzene rings is 1. The average Bonchev–Trinajstić information content (AvgIpc) is 3.45. The smallest absolute Gasteiger partial charge is 0.238 e. The Labute approximate surface area is 149 Å². The van der Waals surface area contributed by atoms with Gasteiger partial charge in [-0.05, 0) is 62.6 Å². The summed E-state index contributed by atoms with van der Waals surface area (Å²) < 4.78 is 22.5. The van der Waals surface area contributed by atoms with Crippen molar-refractivity contribution in [2.24, 2.45) is 11.1 Å². The monoisotopic (exact) mass is 365 g/mol. The van der Waals surface area contributed by atoms with Crippen LogP contribution in [0.15, 0.2) is 29.2 Å². The third-order valence-electron chi connectivity index (χ3n) is 5.16. The van der Waals surface area contributed by atoms with Crippen LogP contribution in [0.4, 0.5) is 0 Å². The van der Waals surface area contributed by atoms with Gasteiger partial charge in [-0.2, -0.15) is 0 Å². The van der Waals surface area contributed by atoms with Crippen molar-refractivity contribution >= 4 is 15.9 Å². The maximum absolute atomic E-state index is 12.3. The Morgan fingerprint density at radius 3 is 2.40 bits per heavy atom. The fourth-order valence-corrected chi connectivity index (χ4v) is 3.79. The molecule has 0 aromatic heterocycles. The molecular weight excluding hydrogens is 338 g/mol. The summed E-state index contributed by atoms with van der Waals surface area (Å²) in [5, 5.41) is 8.06. The highest BCUT2D eigenvalue weighted by atomic mass is 32.2. The molecule has 25 heavy (non-hydrogen) atoms. The number of hydrogen-bond donors (Lipinski definition) is 2. The molecule has 0 heterocycles. The predicted molar refractivity (Wildman–Crippen MR) is 96.4 cm³/mol. The van der Waals surface area contributed by atoms with Crippen molar-refractivity contribution in [1.29, 1.82) is 0 Å². The lowest BCUT2D eigenvalue weighted by Gasteiger charge is -2.28. The SMILES string of the molecule is CC(C1CC1)N(CC(=O)NCCc1ccc(S(N)(=O)=O)cc1)C1CC1. The highest BCUT2D eigenvalue weighted by molar-refractivity contribution is 7.89. The molecule has 1 aromatic carbocycles. The zero-order chi connectivity index (χ0) is 18.0. The minimum absolute atomic E-state index is 0.0700. The van der Waals surface area contributed by atoms with Crippen LogP contribution in [-0.4, -0.2) is 44.4 Å². The molecule has 0 saturated heterocycles. The van der Waals surface area contributed by atoms with Crippen LogP contribution < -0.4 is 10.5 Å². The second kappa shape index (κ2) is 7.43. The topological polar surface area (TPSA) is 92.5 Å². The number of carbonyl (C=O) groups excluding carboxylic acids is 1. The molecule has 6 nitrogen and oxygen atoms in total. The van der Waals surface area contributed by atoms with Crippen molar-refractivity contribution in [2.45, 2.75) is 56.0 Å². The Morgan fingerprint density at radius 2 is 1.88 bits per heavy atom. The van der Waals surface area contributed by atoms with E-state index in [1.807, 2.05) is 0 Å². The minimum atomic E-state index is -3.65. The van der Waals surface area contributed by atoms with E-state index in [4.69, 9.17) is 5.14 Å². The molecule has 1 amide bonds. The van der Waals surface area contributed by atoms with Crippen LogP contribution in [0.2, 0.25) is 0 Å². The molecule has 2 saturated carbocycles. The fraction of sp³-hybridized carbons (Fsp3) is 0.611. The molecule has 2 fully saturated rings. The van der Waals surface area contributed by atoms with E-state index in [0.29, 0.717) is 31.6 Å². The summed E-state index contributed by atoms with van der Waals surface area (Å²) in [5.41, 5.74) is 0.970. The summed E-state index contributed by atoms with van der Waals surface area (Å²) in [4.78, 5) is 14.7. The van der Waals surface area contributed by atoms with Gasteiger partial charge in [-0.25, -0.2) is 13.6 Å². The molecule has 138 valence electrons. The molecule has 0 spiro atoms. The zero-order valence-electron chi connectivity index (χ0n) is 14.6. The standard InChI is InChI=1S/C18H27N3O3S/c1-13(15-4-5-15)21(16-6-7-16)12-18(22)20-11-10-14-2-8-17(9-3-14)25(19,23)24/h2-3,8-9,13,15-16H,4-7,10-12H2,1H3,(H,20,22)(H2,19,23,24). The Hall–Kier alpha value is -1.44. The van der Waals surface area contributed by atoms with Gasteiger partial charge >= 0.3 is 0 Å². The lowest BCUT2D eigenvalue weighted by atomic mass is 10.1. The first-order valence-electron chi connectivity index (χ1n) is 8.99. The van der Waals surface area contributed by atoms with Gasteiger partial charge in [-0.1, -0.05) is 12.1 Å². The quantitative estimate of drug-likeness (QED) is 0.689. The van der Waals surface area contributed by atoms with E-state index in [1.165, 1.54) is 37.8 Å². The van der Waals surface area contributed by atoms with Crippen molar-refractivity contribution in [3.63, 3.8) is 0 Å². The highest BCUT2D eigenvalue weighted by Gasteiger charge is 2.39. The van der Waals surface area contributed by atoms with E-state index in [0.717, 1.165) is 11.5 Å². The Bertz CT molecular complexity index is 710. The number of amides is 1. The summed E-state index contributed by atoms with van der Waals surface area (Å²) in [5.74, 6) is 0.839. The third kappa shape index (κ3) is 5.26. The van der Waals surface area contributed by atoms with Gasteiger partial charge in [0, 0.05) is 18.6 Å². The first-order valence-corrected chi connectivity index (χ1v) is 10.5. The number of nitrogens with one attached hydrogen (secondary N) is 1. The van der Waals surface area contributed by atoms with Crippen LogP contribution >= 0.6 is 0 Å². The van der Waals surface area contributed by atoms with Gasteiger partial charge in [0.25, 0.3) is 0 Å². The number of carbonyl (C=O) groups is 1. The molecule has 0 aliphatic heterocycles. The fourth-order valence-electron chi connectivity index (χ4n) is 3.28. The first kappa shape index (κ1) is 18.4. The summed E-state index contributed by atoms with van der Waals surface area (Å²) in [6.45, 7) is 3.27. The van der Waals surface area contributed by atoms with Crippen LogP contribution in [0.25, 0.3) is 0 Å². The molecule has 0 radical (unpaired) electrons. The second-order valence-electron chi connectivity index (χ2n) is 7.27. The molecule has 2 aliphatic rings. The highest BCUT2D eigenvalue weighted by Crippen LogP contribution is 2.39. The van der Waals surface area contributed by atoms with E-state index in [-0.39, 0.29) is 10.8 Å². The van der Waals surface area contributed by atoms with E-state index in [9.17, 15) is 13.2 Å². The van der Waals surface area contributed by atoms with Crippen LogP contribution in [0.1, 0.15) is 38.2 Å². The van der Waals surface area contributed by atoms with Gasteiger partial charge in [0.15, 0.2) is 0 Å². The number of rotatable bonds is 9. The number of primary sulfonamides is 1. The Morgan fingerprint density at radius 1 is 1.24 bits per heavy atom. The predicted octanol–water partition coefficient (Wildman–Crippen LogP) is 1.26. The number of hydrogen-bond acceptors (Lipinski definition) is 4. The molecule has 1 atom stereocenters. The number of sulfonamides is 1. The molecule has 1 aromatic rings. The van der Waals surface area contributed by atoms with Gasteiger partial charge in [0.1, 0.15) is 0 Å². The Balaban J connectivity index is 1.44. The van der Waals surface area contributed by atoms with Gasteiger partial charge < -0.3 is 5.32 Å². The van der Waals surface area contributed by atoms with E-state index < -0.39 is 10.0 Å². The lowest BCUT2D eigenvalue weighted by molar-refractivity contribution is -0.123. The number of nitrogens with zero attached hydrogens (tertiary/aromatic N) is 1. The third-order valence-corrected chi connectivity index (χ3v) is 6.09. The second-order valence-corrected chi connectivity index (χ2v) is 8.83. The minimum Gasteiger partial charge on any atom is -0.355 e. The molecule has 0 bridgehead atoms. The molecule has 3 N–H and O–H groups in total. The molecule has 7 heteroatoms. The number of nitrogens with two attached hydrogens (primary N) is 1. The van der Waals surface area contributed by atoms with Gasteiger partial charge in [-0.3, -0.25) is 9.69 Å². The summed E-state index contributed by atoms with van der Waals surface area (Å²) in [7, 11) is -3.65. The lowest BCUT2D eigenvalue weighted by Crippen LogP contribution is -2.44. The Kier molecular flexibility index (Phi) is 5.46. The molecule has 2 aliphatic carbocycles. The summed E-state index contributed by atoms with van der Waals surface area (Å²) in [6, 6.07) is 7.56.